The standard InChI is InChI=1S/C13H16ClNO2/c1-3-7-12(10(2)14)15-17-13(16)11-8-5-4-6-9-11/h4-6,8-10H,3,7H2,1-2H3. The van der Waals surface area contributed by atoms with Gasteiger partial charge in [0.15, 0.2) is 0 Å². The molecule has 1 aromatic rings. The van der Waals surface area contributed by atoms with Crippen LogP contribution in [0.25, 0.3) is 0 Å². The maximum atomic E-state index is 11.6. The Balaban J connectivity index is 2.65. The van der Waals surface area contributed by atoms with Crippen molar-refractivity contribution in [3.8, 4) is 0 Å². The molecule has 0 spiro atoms. The summed E-state index contributed by atoms with van der Waals surface area (Å²) in [7, 11) is 0. The summed E-state index contributed by atoms with van der Waals surface area (Å²) in [5, 5.41) is 3.60. The first-order valence-corrected chi connectivity index (χ1v) is 6.06. The number of halogens is 1. The zero-order chi connectivity index (χ0) is 12.7. The monoisotopic (exact) mass is 253 g/mol. The number of hydrogen-bond donors (Lipinski definition) is 0. The van der Waals surface area contributed by atoms with Crippen LogP contribution < -0.4 is 0 Å². The summed E-state index contributed by atoms with van der Waals surface area (Å²) in [5.41, 5.74) is 1.17. The highest BCUT2D eigenvalue weighted by Crippen LogP contribution is 2.07. The molecule has 0 N–H and O–H groups in total. The predicted molar refractivity (Wildman–Crippen MR) is 69.5 cm³/mol. The van der Waals surface area contributed by atoms with Gasteiger partial charge in [-0.25, -0.2) is 4.79 Å². The zero-order valence-corrected chi connectivity index (χ0v) is 10.8. The molecular weight excluding hydrogens is 238 g/mol. The Hall–Kier alpha value is -1.35. The lowest BCUT2D eigenvalue weighted by Gasteiger charge is -2.06. The average Bonchev–Trinajstić information content (AvgIpc) is 2.34. The van der Waals surface area contributed by atoms with Gasteiger partial charge in [-0.1, -0.05) is 36.7 Å². The molecule has 0 radical (unpaired) electrons. The number of hydrogen-bond acceptors (Lipinski definition) is 3. The Kier molecular flexibility index (Phi) is 5.70. The lowest BCUT2D eigenvalue weighted by molar-refractivity contribution is 0.0514. The van der Waals surface area contributed by atoms with Gasteiger partial charge in [0.2, 0.25) is 0 Å². The molecule has 0 saturated heterocycles. The van der Waals surface area contributed by atoms with Gasteiger partial charge in [-0.05, 0) is 25.5 Å². The van der Waals surface area contributed by atoms with Crippen molar-refractivity contribution in [3.63, 3.8) is 0 Å². The van der Waals surface area contributed by atoms with E-state index in [2.05, 4.69) is 5.16 Å². The molecule has 0 aliphatic carbocycles. The molecule has 1 atom stereocenters. The Bertz CT molecular complexity index is 388. The molecule has 0 aliphatic rings. The van der Waals surface area contributed by atoms with Crippen molar-refractivity contribution in [1.29, 1.82) is 0 Å². The lowest BCUT2D eigenvalue weighted by Crippen LogP contribution is -2.12. The third-order valence-electron chi connectivity index (χ3n) is 2.22. The molecule has 0 heterocycles. The van der Waals surface area contributed by atoms with Crippen LogP contribution in [0.3, 0.4) is 0 Å². The van der Waals surface area contributed by atoms with Crippen molar-refractivity contribution >= 4 is 23.3 Å². The van der Waals surface area contributed by atoms with Crippen LogP contribution in [0.15, 0.2) is 35.5 Å². The molecule has 3 nitrogen and oxygen atoms in total. The topological polar surface area (TPSA) is 38.7 Å². The Morgan fingerprint density at radius 3 is 2.59 bits per heavy atom. The largest absolute Gasteiger partial charge is 0.365 e. The van der Waals surface area contributed by atoms with Crippen molar-refractivity contribution in [3.05, 3.63) is 35.9 Å². The first kappa shape index (κ1) is 13.7. The molecule has 1 rings (SSSR count). The lowest BCUT2D eigenvalue weighted by atomic mass is 10.2. The highest BCUT2D eigenvalue weighted by Gasteiger charge is 2.10. The number of alkyl halides is 1. The minimum Gasteiger partial charge on any atom is -0.313 e. The van der Waals surface area contributed by atoms with Crippen LogP contribution in [0.1, 0.15) is 37.0 Å². The van der Waals surface area contributed by atoms with Crippen molar-refractivity contribution in [2.45, 2.75) is 32.1 Å². The van der Waals surface area contributed by atoms with Gasteiger partial charge in [0.25, 0.3) is 0 Å². The Labute approximate surface area is 106 Å². The summed E-state index contributed by atoms with van der Waals surface area (Å²) in [4.78, 5) is 16.5. The Morgan fingerprint density at radius 2 is 2.06 bits per heavy atom. The summed E-state index contributed by atoms with van der Waals surface area (Å²) >= 11 is 5.93. The smallest absolute Gasteiger partial charge is 0.313 e. The molecule has 1 aromatic carbocycles. The van der Waals surface area contributed by atoms with Crippen molar-refractivity contribution in [1.82, 2.24) is 0 Å². The number of oxime groups is 1. The van der Waals surface area contributed by atoms with Gasteiger partial charge in [-0.15, -0.1) is 11.6 Å². The van der Waals surface area contributed by atoms with Gasteiger partial charge >= 0.3 is 5.97 Å². The van der Waals surface area contributed by atoms with Crippen LogP contribution in [-0.4, -0.2) is 17.1 Å². The SMILES string of the molecule is CCCC(=NOC(=O)c1ccccc1)C(C)Cl. The minimum atomic E-state index is -0.462. The number of nitrogens with zero attached hydrogens (tertiary/aromatic N) is 1. The fraction of sp³-hybridized carbons (Fsp3) is 0.385. The van der Waals surface area contributed by atoms with E-state index in [0.717, 1.165) is 12.8 Å². The summed E-state index contributed by atoms with van der Waals surface area (Å²) in [6, 6.07) is 8.75. The van der Waals surface area contributed by atoms with Crippen LogP contribution >= 0.6 is 11.6 Å². The number of carbonyl (C=O) groups excluding carboxylic acids is 1. The number of carbonyl (C=O) groups is 1. The molecule has 0 aromatic heterocycles. The number of rotatable bonds is 5. The molecule has 0 fully saturated rings. The fourth-order valence-electron chi connectivity index (χ4n) is 1.30. The van der Waals surface area contributed by atoms with Crippen LogP contribution in [0.2, 0.25) is 0 Å². The molecule has 92 valence electrons. The second kappa shape index (κ2) is 7.07. The van der Waals surface area contributed by atoms with E-state index in [4.69, 9.17) is 16.4 Å². The summed E-state index contributed by atoms with van der Waals surface area (Å²) in [6.07, 6.45) is 1.64. The van der Waals surface area contributed by atoms with E-state index >= 15 is 0 Å². The van der Waals surface area contributed by atoms with E-state index in [0.29, 0.717) is 11.3 Å². The molecule has 17 heavy (non-hydrogen) atoms. The molecule has 0 aliphatic heterocycles. The average molecular weight is 254 g/mol. The third kappa shape index (κ3) is 4.57. The summed E-state index contributed by atoms with van der Waals surface area (Å²) < 4.78 is 0. The van der Waals surface area contributed by atoms with Gasteiger partial charge in [0.05, 0.1) is 16.7 Å². The predicted octanol–water partition coefficient (Wildman–Crippen LogP) is 3.63. The van der Waals surface area contributed by atoms with Gasteiger partial charge in [-0.3, -0.25) is 0 Å². The van der Waals surface area contributed by atoms with E-state index < -0.39 is 5.97 Å². The number of benzene rings is 1. The van der Waals surface area contributed by atoms with Crippen molar-refractivity contribution in [2.75, 3.05) is 0 Å². The van der Waals surface area contributed by atoms with E-state index in [-0.39, 0.29) is 5.38 Å². The molecule has 4 heteroatoms. The molecular formula is C13H16ClNO2. The molecule has 0 saturated carbocycles. The molecule has 1 unspecified atom stereocenters. The first-order valence-electron chi connectivity index (χ1n) is 5.62. The highest BCUT2D eigenvalue weighted by molar-refractivity contribution is 6.31. The van der Waals surface area contributed by atoms with Gasteiger partial charge in [0.1, 0.15) is 0 Å². The quantitative estimate of drug-likeness (QED) is 0.348. The van der Waals surface area contributed by atoms with E-state index in [9.17, 15) is 4.79 Å². The van der Waals surface area contributed by atoms with Gasteiger partial charge in [0, 0.05) is 0 Å². The van der Waals surface area contributed by atoms with Crippen LogP contribution in [0, 0.1) is 0 Å². The van der Waals surface area contributed by atoms with Crippen LogP contribution in [0.4, 0.5) is 0 Å². The molecule has 0 bridgehead atoms. The van der Waals surface area contributed by atoms with Gasteiger partial charge in [-0.2, -0.15) is 0 Å². The van der Waals surface area contributed by atoms with E-state index in [1.807, 2.05) is 19.9 Å². The second-order valence-corrected chi connectivity index (χ2v) is 4.35. The summed E-state index contributed by atoms with van der Waals surface area (Å²) in [6.45, 7) is 3.83. The van der Waals surface area contributed by atoms with Crippen LogP contribution in [-0.2, 0) is 4.84 Å². The molecule has 0 amide bonds. The maximum Gasteiger partial charge on any atom is 0.365 e. The van der Waals surface area contributed by atoms with Crippen LogP contribution in [0.5, 0.6) is 0 Å². The van der Waals surface area contributed by atoms with Crippen molar-refractivity contribution in [2.24, 2.45) is 5.16 Å². The third-order valence-corrected chi connectivity index (χ3v) is 2.47. The van der Waals surface area contributed by atoms with Gasteiger partial charge < -0.3 is 4.84 Å². The van der Waals surface area contributed by atoms with E-state index in [1.165, 1.54) is 0 Å². The fourth-order valence-corrected chi connectivity index (χ4v) is 1.45. The summed E-state index contributed by atoms with van der Waals surface area (Å²) in [5.74, 6) is -0.462. The highest BCUT2D eigenvalue weighted by atomic mass is 35.5. The van der Waals surface area contributed by atoms with Crippen molar-refractivity contribution < 1.29 is 9.63 Å². The minimum absolute atomic E-state index is 0.224. The van der Waals surface area contributed by atoms with E-state index in [1.54, 1.807) is 24.3 Å². The first-order chi connectivity index (χ1) is 8.15. The maximum absolute atomic E-state index is 11.6. The zero-order valence-electron chi connectivity index (χ0n) is 10.0. The Morgan fingerprint density at radius 1 is 1.41 bits per heavy atom. The normalized spacial score (nSPS) is 13.2. The second-order valence-electron chi connectivity index (χ2n) is 3.69.